The largest absolute Gasteiger partial charge is 0.459 e. The molecule has 0 unspecified atom stereocenters. The maximum atomic E-state index is 12.4. The minimum Gasteiger partial charge on any atom is -0.459 e. The lowest BCUT2D eigenvalue weighted by atomic mass is 10.2. The molecule has 0 radical (unpaired) electrons. The molecule has 0 saturated carbocycles. The number of amides is 3. The van der Waals surface area contributed by atoms with Crippen molar-refractivity contribution in [3.63, 3.8) is 0 Å². The molecule has 1 N–H and O–H groups in total. The van der Waals surface area contributed by atoms with E-state index < -0.39 is 0 Å². The normalized spacial score (nSPS) is 21.6. The van der Waals surface area contributed by atoms with Crippen LogP contribution >= 0.6 is 0 Å². The topological polar surface area (TPSA) is 78.3 Å². The van der Waals surface area contributed by atoms with E-state index in [1.165, 1.54) is 6.26 Å². The highest BCUT2D eigenvalue weighted by Gasteiger charge is 2.27. The first-order valence-electron chi connectivity index (χ1n) is 9.48. The number of nitrogens with zero attached hydrogens (tertiary/aromatic N) is 3. The standard InChI is InChI=1S/C19H28N4O4/c1-2-6-20-19(25)23-11-13-26-16(15-23)14-21-7-4-8-22(10-9-21)18(24)17-5-3-12-27-17/h2-3,5,12,16H,1,4,6-11,13-15H2,(H,20,25)/t16-/m0/s1. The predicted molar refractivity (Wildman–Crippen MR) is 101 cm³/mol. The molecule has 8 nitrogen and oxygen atoms in total. The van der Waals surface area contributed by atoms with E-state index in [9.17, 15) is 9.59 Å². The van der Waals surface area contributed by atoms with Crippen LogP contribution in [-0.2, 0) is 4.74 Å². The van der Waals surface area contributed by atoms with Crippen LogP contribution in [0.5, 0.6) is 0 Å². The second-order valence-corrected chi connectivity index (χ2v) is 6.84. The molecule has 0 spiro atoms. The zero-order chi connectivity index (χ0) is 19.1. The first-order valence-corrected chi connectivity index (χ1v) is 9.48. The van der Waals surface area contributed by atoms with Gasteiger partial charge in [-0.15, -0.1) is 6.58 Å². The summed E-state index contributed by atoms with van der Waals surface area (Å²) in [5, 5.41) is 2.81. The third-order valence-electron chi connectivity index (χ3n) is 4.89. The van der Waals surface area contributed by atoms with E-state index in [-0.39, 0.29) is 18.0 Å². The summed E-state index contributed by atoms with van der Waals surface area (Å²) in [6, 6.07) is 3.36. The van der Waals surface area contributed by atoms with Crippen LogP contribution in [0.15, 0.2) is 35.5 Å². The quantitative estimate of drug-likeness (QED) is 0.777. The Labute approximate surface area is 159 Å². The smallest absolute Gasteiger partial charge is 0.317 e. The molecule has 3 rings (SSSR count). The molecular weight excluding hydrogens is 348 g/mol. The Hall–Kier alpha value is -2.32. The molecule has 3 heterocycles. The fourth-order valence-corrected chi connectivity index (χ4v) is 3.49. The number of hydrogen-bond donors (Lipinski definition) is 1. The lowest BCUT2D eigenvalue weighted by Crippen LogP contribution is -2.52. The van der Waals surface area contributed by atoms with Crippen molar-refractivity contribution in [3.8, 4) is 0 Å². The average Bonchev–Trinajstić information content (AvgIpc) is 3.13. The van der Waals surface area contributed by atoms with Crippen LogP contribution < -0.4 is 5.32 Å². The molecular formula is C19H28N4O4. The molecule has 27 heavy (non-hydrogen) atoms. The van der Waals surface area contributed by atoms with Crippen molar-refractivity contribution in [2.75, 3.05) is 59.0 Å². The minimum atomic E-state index is -0.0747. The molecule has 1 aromatic rings. The van der Waals surface area contributed by atoms with Crippen molar-refractivity contribution < 1.29 is 18.7 Å². The molecule has 8 heteroatoms. The molecule has 1 atom stereocenters. The molecule has 2 fully saturated rings. The van der Waals surface area contributed by atoms with Crippen molar-refractivity contribution in [2.45, 2.75) is 12.5 Å². The van der Waals surface area contributed by atoms with Gasteiger partial charge in [0.15, 0.2) is 5.76 Å². The summed E-state index contributed by atoms with van der Waals surface area (Å²) in [6.45, 7) is 9.64. The number of rotatable bonds is 5. The van der Waals surface area contributed by atoms with Crippen LogP contribution in [0.25, 0.3) is 0 Å². The summed E-state index contributed by atoms with van der Waals surface area (Å²) in [7, 11) is 0. The van der Waals surface area contributed by atoms with Gasteiger partial charge in [-0.05, 0) is 25.1 Å². The Kier molecular flexibility index (Phi) is 6.89. The third-order valence-corrected chi connectivity index (χ3v) is 4.89. The summed E-state index contributed by atoms with van der Waals surface area (Å²) in [4.78, 5) is 30.5. The van der Waals surface area contributed by atoms with E-state index in [1.807, 2.05) is 4.90 Å². The first kappa shape index (κ1) is 19.4. The molecule has 2 aliphatic rings. The van der Waals surface area contributed by atoms with Crippen molar-refractivity contribution in [1.82, 2.24) is 20.0 Å². The maximum Gasteiger partial charge on any atom is 0.317 e. The number of hydrogen-bond acceptors (Lipinski definition) is 5. The highest BCUT2D eigenvalue weighted by atomic mass is 16.5. The van der Waals surface area contributed by atoms with Crippen molar-refractivity contribution in [3.05, 3.63) is 36.8 Å². The van der Waals surface area contributed by atoms with Crippen LogP contribution in [-0.4, -0.2) is 91.7 Å². The van der Waals surface area contributed by atoms with Crippen LogP contribution in [0.3, 0.4) is 0 Å². The van der Waals surface area contributed by atoms with Crippen molar-refractivity contribution >= 4 is 11.9 Å². The highest BCUT2D eigenvalue weighted by Crippen LogP contribution is 2.12. The Morgan fingerprint density at radius 3 is 2.89 bits per heavy atom. The van der Waals surface area contributed by atoms with Gasteiger partial charge in [0.2, 0.25) is 0 Å². The Balaban J connectivity index is 1.47. The van der Waals surface area contributed by atoms with Crippen LogP contribution in [0.2, 0.25) is 0 Å². The zero-order valence-corrected chi connectivity index (χ0v) is 15.6. The fourth-order valence-electron chi connectivity index (χ4n) is 3.49. The molecule has 0 bridgehead atoms. The number of ether oxygens (including phenoxy) is 1. The van der Waals surface area contributed by atoms with E-state index in [4.69, 9.17) is 9.15 Å². The number of furan rings is 1. The average molecular weight is 376 g/mol. The summed E-state index contributed by atoms with van der Waals surface area (Å²) in [5.74, 6) is 0.334. The number of carbonyl (C=O) groups excluding carboxylic acids is 2. The zero-order valence-electron chi connectivity index (χ0n) is 15.6. The molecule has 1 aromatic heterocycles. The van der Waals surface area contributed by atoms with Gasteiger partial charge in [0.1, 0.15) is 0 Å². The summed E-state index contributed by atoms with van der Waals surface area (Å²) in [6.07, 6.45) is 4.08. The lowest BCUT2D eigenvalue weighted by molar-refractivity contribution is -0.0298. The number of nitrogens with one attached hydrogen (secondary N) is 1. The Morgan fingerprint density at radius 2 is 2.11 bits per heavy atom. The number of morpholine rings is 1. The lowest BCUT2D eigenvalue weighted by Gasteiger charge is -2.35. The van der Waals surface area contributed by atoms with Crippen LogP contribution in [0.4, 0.5) is 4.79 Å². The fraction of sp³-hybridized carbons (Fsp3) is 0.579. The van der Waals surface area contributed by atoms with Gasteiger partial charge in [0, 0.05) is 45.8 Å². The highest BCUT2D eigenvalue weighted by molar-refractivity contribution is 5.91. The van der Waals surface area contributed by atoms with E-state index in [1.54, 1.807) is 23.1 Å². The van der Waals surface area contributed by atoms with Gasteiger partial charge in [-0.25, -0.2) is 4.79 Å². The van der Waals surface area contributed by atoms with Gasteiger partial charge in [-0.1, -0.05) is 6.08 Å². The van der Waals surface area contributed by atoms with E-state index >= 15 is 0 Å². The SMILES string of the molecule is C=CCNC(=O)N1CCO[C@@H](CN2CCCN(C(=O)c3ccco3)CC2)C1. The third kappa shape index (κ3) is 5.33. The molecule has 3 amide bonds. The van der Waals surface area contributed by atoms with E-state index in [0.29, 0.717) is 38.5 Å². The summed E-state index contributed by atoms with van der Waals surface area (Å²) < 4.78 is 11.1. The maximum absolute atomic E-state index is 12.4. The van der Waals surface area contributed by atoms with E-state index in [2.05, 4.69) is 16.8 Å². The summed E-state index contributed by atoms with van der Waals surface area (Å²) in [5.41, 5.74) is 0. The van der Waals surface area contributed by atoms with Gasteiger partial charge in [0.25, 0.3) is 5.91 Å². The molecule has 0 aliphatic carbocycles. The number of carbonyl (C=O) groups is 2. The van der Waals surface area contributed by atoms with Crippen molar-refractivity contribution in [1.29, 1.82) is 0 Å². The minimum absolute atomic E-state index is 0.0134. The van der Waals surface area contributed by atoms with Gasteiger partial charge >= 0.3 is 6.03 Å². The van der Waals surface area contributed by atoms with Gasteiger partial charge in [-0.2, -0.15) is 0 Å². The Bertz CT molecular complexity index is 634. The van der Waals surface area contributed by atoms with Crippen LogP contribution in [0.1, 0.15) is 17.0 Å². The van der Waals surface area contributed by atoms with E-state index in [0.717, 1.165) is 32.6 Å². The molecule has 148 valence electrons. The summed E-state index contributed by atoms with van der Waals surface area (Å²) >= 11 is 0. The van der Waals surface area contributed by atoms with Gasteiger partial charge in [0.05, 0.1) is 19.0 Å². The Morgan fingerprint density at radius 1 is 1.22 bits per heavy atom. The first-order chi connectivity index (χ1) is 13.2. The molecule has 2 aliphatic heterocycles. The number of urea groups is 1. The monoisotopic (exact) mass is 376 g/mol. The molecule has 0 aromatic carbocycles. The second-order valence-electron chi connectivity index (χ2n) is 6.84. The van der Waals surface area contributed by atoms with Gasteiger partial charge in [-0.3, -0.25) is 9.69 Å². The predicted octanol–water partition coefficient (Wildman–Crippen LogP) is 1.02. The van der Waals surface area contributed by atoms with Crippen LogP contribution in [0, 0.1) is 0 Å². The van der Waals surface area contributed by atoms with Crippen molar-refractivity contribution in [2.24, 2.45) is 0 Å². The van der Waals surface area contributed by atoms with Gasteiger partial charge < -0.3 is 24.3 Å². The molecule has 2 saturated heterocycles. The second kappa shape index (κ2) is 9.57.